The Hall–Kier alpha value is -7.60. The first-order valence-electron chi connectivity index (χ1n) is 19.6. The molecule has 0 saturated carbocycles. The summed E-state index contributed by atoms with van der Waals surface area (Å²) in [6.45, 7) is 5.38. The van der Waals surface area contributed by atoms with Gasteiger partial charge in [-0.1, -0.05) is 109 Å². The van der Waals surface area contributed by atoms with Gasteiger partial charge in [-0.3, -0.25) is 4.90 Å². The SMILES string of the molecule is CNC(C)(c1ccccc1)c1ccc(-c2nc3c(N)nc(N)nc3nc2N)cc1.Nc1nc(N)c2nc(-c3ccc(C(c4ccccc4)N4CCOCC4)cc3)c(N)nc2n1. The largest absolute Gasteiger partial charge is 0.382 e. The third-order valence-corrected chi connectivity index (χ3v) is 10.8. The van der Waals surface area contributed by atoms with E-state index in [0.29, 0.717) is 22.4 Å². The van der Waals surface area contributed by atoms with Crippen molar-refractivity contribution in [2.75, 3.05) is 67.8 Å². The lowest BCUT2D eigenvalue weighted by atomic mass is 9.84. The zero-order chi connectivity index (χ0) is 42.7. The second-order valence-electron chi connectivity index (χ2n) is 14.6. The number of benzene rings is 4. The highest BCUT2D eigenvalue weighted by molar-refractivity contribution is 5.88. The van der Waals surface area contributed by atoms with Crippen LogP contribution in [0, 0.1) is 0 Å². The number of ether oxygens (including phenoxy) is 1. The summed E-state index contributed by atoms with van der Waals surface area (Å²) in [7, 11) is 1.95. The molecule has 0 amide bonds. The molecule has 5 heterocycles. The Morgan fingerprint density at radius 3 is 1.46 bits per heavy atom. The van der Waals surface area contributed by atoms with Crippen LogP contribution in [0.3, 0.4) is 0 Å². The number of anilines is 6. The van der Waals surface area contributed by atoms with Gasteiger partial charge < -0.3 is 44.5 Å². The molecule has 13 N–H and O–H groups in total. The highest BCUT2D eigenvalue weighted by Gasteiger charge is 2.27. The number of nitrogens with zero attached hydrogens (tertiary/aromatic N) is 9. The second kappa shape index (κ2) is 16.9. The maximum Gasteiger partial charge on any atom is 0.224 e. The maximum atomic E-state index is 6.19. The van der Waals surface area contributed by atoms with Crippen molar-refractivity contribution in [3.8, 4) is 22.5 Å². The number of morpholine rings is 1. The van der Waals surface area contributed by atoms with Crippen molar-refractivity contribution in [1.82, 2.24) is 50.1 Å². The molecule has 0 radical (unpaired) electrons. The number of rotatable bonds is 8. The van der Waals surface area contributed by atoms with Gasteiger partial charge in [0.05, 0.1) is 24.8 Å². The van der Waals surface area contributed by atoms with Gasteiger partial charge in [-0.05, 0) is 36.2 Å². The van der Waals surface area contributed by atoms with Gasteiger partial charge in [0, 0.05) is 24.2 Å². The predicted molar refractivity (Wildman–Crippen MR) is 240 cm³/mol. The van der Waals surface area contributed by atoms with Gasteiger partial charge in [0.25, 0.3) is 0 Å². The van der Waals surface area contributed by atoms with Crippen molar-refractivity contribution < 1.29 is 4.74 Å². The van der Waals surface area contributed by atoms with Crippen LogP contribution in [0.25, 0.3) is 44.8 Å². The van der Waals surface area contributed by atoms with E-state index in [-0.39, 0.29) is 58.0 Å². The summed E-state index contributed by atoms with van der Waals surface area (Å²) in [6.07, 6.45) is 0. The molecule has 1 fully saturated rings. The Morgan fingerprint density at radius 1 is 0.525 bits per heavy atom. The summed E-state index contributed by atoms with van der Waals surface area (Å²) >= 11 is 0. The first kappa shape index (κ1) is 40.2. The molecule has 1 aliphatic rings. The Labute approximate surface area is 351 Å². The smallest absolute Gasteiger partial charge is 0.224 e. The fraction of sp³-hybridized carbons (Fsp3) is 0.182. The summed E-state index contributed by atoms with van der Waals surface area (Å²) < 4.78 is 5.56. The number of hydrogen-bond acceptors (Lipinski definition) is 17. The monoisotopic (exact) mass is 814 g/mol. The summed E-state index contributed by atoms with van der Waals surface area (Å²) in [5, 5.41) is 3.42. The number of nitrogens with one attached hydrogen (secondary N) is 1. The quantitative estimate of drug-likeness (QED) is 0.111. The van der Waals surface area contributed by atoms with Crippen LogP contribution in [0.1, 0.15) is 35.2 Å². The van der Waals surface area contributed by atoms with Crippen molar-refractivity contribution >= 4 is 57.5 Å². The molecule has 0 aliphatic carbocycles. The lowest BCUT2D eigenvalue weighted by Crippen LogP contribution is -2.39. The van der Waals surface area contributed by atoms with E-state index < -0.39 is 0 Å². The van der Waals surface area contributed by atoms with Gasteiger partial charge in [0.2, 0.25) is 11.9 Å². The van der Waals surface area contributed by atoms with Crippen molar-refractivity contribution in [2.24, 2.45) is 0 Å². The summed E-state index contributed by atoms with van der Waals surface area (Å²) in [4.78, 5) is 36.3. The maximum absolute atomic E-state index is 6.19. The highest BCUT2D eigenvalue weighted by Crippen LogP contribution is 2.34. The number of nitrogens with two attached hydrogens (primary N) is 6. The Balaban J connectivity index is 0.000000169. The van der Waals surface area contributed by atoms with Crippen molar-refractivity contribution in [3.05, 3.63) is 131 Å². The van der Waals surface area contributed by atoms with E-state index in [1.54, 1.807) is 0 Å². The average molecular weight is 815 g/mol. The molecule has 8 aromatic rings. The summed E-state index contributed by atoms with van der Waals surface area (Å²) in [6, 6.07) is 37.2. The van der Waals surface area contributed by atoms with Crippen LogP contribution in [0.15, 0.2) is 109 Å². The minimum Gasteiger partial charge on any atom is -0.382 e. The Morgan fingerprint density at radius 2 is 0.967 bits per heavy atom. The van der Waals surface area contributed by atoms with Gasteiger partial charge in [-0.15, -0.1) is 0 Å². The molecule has 0 bridgehead atoms. The Kier molecular flexibility index (Phi) is 11.2. The molecule has 17 heteroatoms. The Bertz CT molecular complexity index is 2800. The molecular formula is C44H46N16O. The van der Waals surface area contributed by atoms with Crippen LogP contribution in [0.4, 0.5) is 35.2 Å². The lowest BCUT2D eigenvalue weighted by Gasteiger charge is -2.35. The van der Waals surface area contributed by atoms with Gasteiger partial charge in [-0.2, -0.15) is 19.9 Å². The lowest BCUT2D eigenvalue weighted by molar-refractivity contribution is 0.0239. The van der Waals surface area contributed by atoms with Crippen LogP contribution < -0.4 is 39.7 Å². The van der Waals surface area contributed by atoms with Crippen LogP contribution in [0.2, 0.25) is 0 Å². The normalized spacial score (nSPS) is 14.5. The van der Waals surface area contributed by atoms with E-state index in [4.69, 9.17) is 39.1 Å². The predicted octanol–water partition coefficient (Wildman–Crippen LogP) is 4.57. The van der Waals surface area contributed by atoms with E-state index >= 15 is 0 Å². The van der Waals surface area contributed by atoms with Crippen molar-refractivity contribution in [1.29, 1.82) is 0 Å². The fourth-order valence-electron chi connectivity index (χ4n) is 7.52. The molecule has 1 aliphatic heterocycles. The molecule has 1 saturated heterocycles. The molecule has 308 valence electrons. The highest BCUT2D eigenvalue weighted by atomic mass is 16.5. The number of nitrogen functional groups attached to an aromatic ring is 6. The van der Waals surface area contributed by atoms with Crippen LogP contribution in [-0.2, 0) is 10.3 Å². The zero-order valence-corrected chi connectivity index (χ0v) is 33.7. The fourth-order valence-corrected chi connectivity index (χ4v) is 7.52. The van der Waals surface area contributed by atoms with E-state index in [9.17, 15) is 0 Å². The van der Waals surface area contributed by atoms with E-state index in [2.05, 4.69) is 106 Å². The first-order chi connectivity index (χ1) is 29.5. The molecule has 17 nitrogen and oxygen atoms in total. The first-order valence-corrected chi connectivity index (χ1v) is 19.6. The van der Waals surface area contributed by atoms with Gasteiger partial charge in [0.15, 0.2) is 45.6 Å². The minimum absolute atomic E-state index is 0.0352. The summed E-state index contributed by atoms with van der Waals surface area (Å²) in [5.74, 6) is 0.931. The molecular weight excluding hydrogens is 769 g/mol. The van der Waals surface area contributed by atoms with Crippen molar-refractivity contribution in [3.63, 3.8) is 0 Å². The molecule has 0 spiro atoms. The topological polar surface area (TPSA) is 284 Å². The van der Waals surface area contributed by atoms with E-state index in [0.717, 1.165) is 43.0 Å². The van der Waals surface area contributed by atoms with Crippen LogP contribution in [-0.4, -0.2) is 78.1 Å². The number of fused-ring (bicyclic) bond motifs is 2. The molecule has 9 rings (SSSR count). The second-order valence-corrected chi connectivity index (χ2v) is 14.6. The minimum atomic E-state index is -0.337. The van der Waals surface area contributed by atoms with Crippen LogP contribution in [0.5, 0.6) is 0 Å². The molecule has 2 atom stereocenters. The molecule has 61 heavy (non-hydrogen) atoms. The van der Waals surface area contributed by atoms with E-state index in [1.807, 2.05) is 67.7 Å². The number of hydrogen-bond donors (Lipinski definition) is 7. The average Bonchev–Trinajstić information content (AvgIpc) is 3.27. The third-order valence-electron chi connectivity index (χ3n) is 10.8. The van der Waals surface area contributed by atoms with Gasteiger partial charge in [0.1, 0.15) is 11.4 Å². The molecule has 2 unspecified atom stereocenters. The third kappa shape index (κ3) is 8.20. The standard InChI is InChI=1S/C23H24N8O.C21H22N8/c24-20-17(27-18-21(25)29-23(26)30-22(18)28-20)14-6-8-16(9-7-14)19(15-4-2-1-3-5-15)31-10-12-32-13-11-31;1-21(25-2,13-6-4-3-5-7-13)14-10-8-12(9-11-14)15-17(22)27-19-16(26-15)18(23)28-20(24)29-19/h1-9,19H,10-13H2,(H6,24,25,26,28,29,30);3-11,25H,1-2H3,(H6,22,23,24,27,28,29). The molecule has 4 aromatic carbocycles. The van der Waals surface area contributed by atoms with Crippen molar-refractivity contribution in [2.45, 2.75) is 18.5 Å². The van der Waals surface area contributed by atoms with Gasteiger partial charge >= 0.3 is 0 Å². The van der Waals surface area contributed by atoms with Gasteiger partial charge in [-0.25, -0.2) is 19.9 Å². The van der Waals surface area contributed by atoms with E-state index in [1.165, 1.54) is 16.7 Å². The summed E-state index contributed by atoms with van der Waals surface area (Å²) in [5.41, 5.74) is 43.9. The number of aromatic nitrogens is 8. The molecule has 4 aromatic heterocycles. The van der Waals surface area contributed by atoms with Crippen LogP contribution >= 0.6 is 0 Å². The zero-order valence-electron chi connectivity index (χ0n) is 33.7.